The molecule has 0 radical (unpaired) electrons. The summed E-state index contributed by atoms with van der Waals surface area (Å²) in [7, 11) is 1.71. The van der Waals surface area contributed by atoms with Gasteiger partial charge in [0.15, 0.2) is 0 Å². The average Bonchev–Trinajstić information content (AvgIpc) is 2.68. The molecule has 1 aliphatic heterocycles. The van der Waals surface area contributed by atoms with Gasteiger partial charge in [-0.1, -0.05) is 41.9 Å². The summed E-state index contributed by atoms with van der Waals surface area (Å²) in [4.78, 5) is 2.56. The number of hydrogen-bond donors (Lipinski definition) is 1. The molecule has 1 N–H and O–H groups in total. The first kappa shape index (κ1) is 19.2. The zero-order valence-electron chi connectivity index (χ0n) is 15.6. The van der Waals surface area contributed by atoms with Crippen LogP contribution in [0.25, 0.3) is 0 Å². The molecule has 0 spiro atoms. The van der Waals surface area contributed by atoms with Crippen molar-refractivity contribution in [3.63, 3.8) is 0 Å². The van der Waals surface area contributed by atoms with Crippen molar-refractivity contribution in [3.05, 3.63) is 64.7 Å². The molecule has 26 heavy (non-hydrogen) atoms. The van der Waals surface area contributed by atoms with Gasteiger partial charge in [0.25, 0.3) is 0 Å². The molecule has 4 heteroatoms. The van der Waals surface area contributed by atoms with E-state index in [1.54, 1.807) is 7.11 Å². The van der Waals surface area contributed by atoms with E-state index in [-0.39, 0.29) is 0 Å². The molecule has 0 amide bonds. The summed E-state index contributed by atoms with van der Waals surface area (Å²) in [5.74, 6) is 1.71. The smallest absolute Gasteiger partial charge is 0.118 e. The van der Waals surface area contributed by atoms with Crippen LogP contribution in [0.1, 0.15) is 24.0 Å². The summed E-state index contributed by atoms with van der Waals surface area (Å²) < 4.78 is 5.23. The zero-order chi connectivity index (χ0) is 18.2. The molecule has 1 fully saturated rings. The number of piperidine rings is 1. The molecule has 0 aromatic heterocycles. The number of nitrogens with one attached hydrogen (secondary N) is 1. The summed E-state index contributed by atoms with van der Waals surface area (Å²) >= 11 is 6.21. The molecule has 0 unspecified atom stereocenters. The van der Waals surface area contributed by atoms with Crippen molar-refractivity contribution in [3.8, 4) is 5.75 Å². The number of rotatable bonds is 8. The third-order valence-corrected chi connectivity index (χ3v) is 5.60. The van der Waals surface area contributed by atoms with Gasteiger partial charge in [-0.05, 0) is 80.7 Å². The molecular weight excluding hydrogens is 344 g/mol. The van der Waals surface area contributed by atoms with E-state index in [0.717, 1.165) is 42.7 Å². The maximum atomic E-state index is 6.21. The maximum absolute atomic E-state index is 6.21. The van der Waals surface area contributed by atoms with Gasteiger partial charge in [-0.3, -0.25) is 4.90 Å². The highest BCUT2D eigenvalue weighted by Crippen LogP contribution is 2.20. The minimum Gasteiger partial charge on any atom is -0.497 e. The first-order chi connectivity index (χ1) is 12.7. The Morgan fingerprint density at radius 2 is 1.81 bits per heavy atom. The fourth-order valence-corrected chi connectivity index (χ4v) is 3.80. The molecule has 2 aromatic rings. The predicted molar refractivity (Wildman–Crippen MR) is 109 cm³/mol. The summed E-state index contributed by atoms with van der Waals surface area (Å²) in [5, 5.41) is 4.49. The van der Waals surface area contributed by atoms with Crippen molar-refractivity contribution >= 4 is 11.6 Å². The fourth-order valence-electron chi connectivity index (χ4n) is 3.57. The van der Waals surface area contributed by atoms with Crippen molar-refractivity contribution in [2.24, 2.45) is 5.92 Å². The Labute approximate surface area is 162 Å². The van der Waals surface area contributed by atoms with Crippen LogP contribution in [0, 0.1) is 5.92 Å². The molecule has 1 aliphatic rings. The highest BCUT2D eigenvalue weighted by Gasteiger charge is 2.18. The van der Waals surface area contributed by atoms with Gasteiger partial charge in [-0.25, -0.2) is 0 Å². The Bertz CT molecular complexity index is 666. The number of halogens is 1. The minimum atomic E-state index is 0.786. The van der Waals surface area contributed by atoms with E-state index in [2.05, 4.69) is 34.5 Å². The van der Waals surface area contributed by atoms with Crippen LogP contribution in [0.2, 0.25) is 5.02 Å². The fraction of sp³-hybridized carbons (Fsp3) is 0.455. The largest absolute Gasteiger partial charge is 0.497 e. The van der Waals surface area contributed by atoms with Crippen molar-refractivity contribution in [1.82, 2.24) is 10.2 Å². The molecule has 3 rings (SSSR count). The molecule has 0 aliphatic carbocycles. The van der Waals surface area contributed by atoms with Crippen LogP contribution in [0.3, 0.4) is 0 Å². The Hall–Kier alpha value is -1.55. The monoisotopic (exact) mass is 372 g/mol. The quantitative estimate of drug-likeness (QED) is 0.695. The second kappa shape index (κ2) is 9.96. The minimum absolute atomic E-state index is 0.786. The topological polar surface area (TPSA) is 24.5 Å². The molecular formula is C22H29ClN2O. The van der Waals surface area contributed by atoms with E-state index in [1.165, 1.54) is 37.1 Å². The maximum Gasteiger partial charge on any atom is 0.118 e. The second-order valence-electron chi connectivity index (χ2n) is 7.11. The van der Waals surface area contributed by atoms with Gasteiger partial charge in [0, 0.05) is 11.6 Å². The van der Waals surface area contributed by atoms with E-state index >= 15 is 0 Å². The van der Waals surface area contributed by atoms with E-state index in [4.69, 9.17) is 16.3 Å². The predicted octanol–water partition coefficient (Wildman–Crippen LogP) is 4.39. The van der Waals surface area contributed by atoms with Crippen molar-refractivity contribution in [2.75, 3.05) is 33.3 Å². The molecule has 1 heterocycles. The Morgan fingerprint density at radius 1 is 1.08 bits per heavy atom. The lowest BCUT2D eigenvalue weighted by atomic mass is 9.96. The molecule has 0 saturated carbocycles. The molecule has 0 atom stereocenters. The first-order valence-corrected chi connectivity index (χ1v) is 9.92. The molecule has 2 aromatic carbocycles. The lowest BCUT2D eigenvalue weighted by Crippen LogP contribution is -2.37. The summed E-state index contributed by atoms with van der Waals surface area (Å²) in [6.07, 6.45) is 3.54. The Balaban J connectivity index is 1.32. The van der Waals surface area contributed by atoms with Gasteiger partial charge in [0.2, 0.25) is 0 Å². The van der Waals surface area contributed by atoms with E-state index < -0.39 is 0 Å². The molecule has 140 valence electrons. The number of methoxy groups -OCH3 is 1. The average molecular weight is 373 g/mol. The van der Waals surface area contributed by atoms with Crippen LogP contribution in [0.5, 0.6) is 5.75 Å². The second-order valence-corrected chi connectivity index (χ2v) is 7.52. The third kappa shape index (κ3) is 5.73. The van der Waals surface area contributed by atoms with Gasteiger partial charge >= 0.3 is 0 Å². The highest BCUT2D eigenvalue weighted by atomic mass is 35.5. The third-order valence-electron chi connectivity index (χ3n) is 5.23. The number of benzene rings is 2. The van der Waals surface area contributed by atoms with Gasteiger partial charge < -0.3 is 10.1 Å². The van der Waals surface area contributed by atoms with E-state index in [1.807, 2.05) is 24.3 Å². The van der Waals surface area contributed by atoms with Crippen LogP contribution in [0.4, 0.5) is 0 Å². The highest BCUT2D eigenvalue weighted by molar-refractivity contribution is 6.31. The summed E-state index contributed by atoms with van der Waals surface area (Å²) in [6.45, 7) is 5.51. The van der Waals surface area contributed by atoms with Crippen molar-refractivity contribution in [1.29, 1.82) is 0 Å². The van der Waals surface area contributed by atoms with Gasteiger partial charge in [0.05, 0.1) is 7.11 Å². The number of nitrogens with zero attached hydrogens (tertiary/aromatic N) is 1. The van der Waals surface area contributed by atoms with Crippen LogP contribution in [0.15, 0.2) is 48.5 Å². The molecule has 0 bridgehead atoms. The number of hydrogen-bond acceptors (Lipinski definition) is 3. The summed E-state index contributed by atoms with van der Waals surface area (Å²) in [6, 6.07) is 16.5. The zero-order valence-corrected chi connectivity index (χ0v) is 16.3. The lowest BCUT2D eigenvalue weighted by Gasteiger charge is -2.32. The van der Waals surface area contributed by atoms with E-state index in [9.17, 15) is 0 Å². The van der Waals surface area contributed by atoms with Crippen LogP contribution in [-0.2, 0) is 13.0 Å². The van der Waals surface area contributed by atoms with Crippen LogP contribution >= 0.6 is 11.6 Å². The van der Waals surface area contributed by atoms with Crippen LogP contribution in [-0.4, -0.2) is 38.2 Å². The van der Waals surface area contributed by atoms with Gasteiger partial charge in [-0.15, -0.1) is 0 Å². The van der Waals surface area contributed by atoms with Crippen LogP contribution < -0.4 is 10.1 Å². The molecule has 1 saturated heterocycles. The van der Waals surface area contributed by atoms with Gasteiger partial charge in [0.1, 0.15) is 5.75 Å². The van der Waals surface area contributed by atoms with Crippen molar-refractivity contribution < 1.29 is 4.74 Å². The SMILES string of the molecule is COc1ccc(CN2CCC(CNCCc3ccccc3Cl)CC2)cc1. The van der Waals surface area contributed by atoms with Crippen molar-refractivity contribution in [2.45, 2.75) is 25.8 Å². The standard InChI is InChI=1S/C22H29ClN2O/c1-26-21-8-6-19(7-9-21)17-25-14-11-18(12-15-25)16-24-13-10-20-4-2-3-5-22(20)23/h2-9,18,24H,10-17H2,1H3. The first-order valence-electron chi connectivity index (χ1n) is 9.54. The number of likely N-dealkylation sites (tertiary alicyclic amines) is 1. The number of ether oxygens (including phenoxy) is 1. The van der Waals surface area contributed by atoms with Gasteiger partial charge in [-0.2, -0.15) is 0 Å². The molecule has 3 nitrogen and oxygen atoms in total. The Morgan fingerprint density at radius 3 is 2.50 bits per heavy atom. The summed E-state index contributed by atoms with van der Waals surface area (Å²) in [5.41, 5.74) is 2.60. The lowest BCUT2D eigenvalue weighted by molar-refractivity contribution is 0.175. The normalized spacial score (nSPS) is 15.9. The Kier molecular flexibility index (Phi) is 7.36. The van der Waals surface area contributed by atoms with E-state index in [0.29, 0.717) is 0 Å².